The van der Waals surface area contributed by atoms with Crippen LogP contribution in [0.5, 0.6) is 0 Å². The van der Waals surface area contributed by atoms with E-state index in [1.54, 1.807) is 30.1 Å². The molecule has 0 aliphatic rings. The van der Waals surface area contributed by atoms with Gasteiger partial charge in [-0.25, -0.2) is 4.39 Å². The van der Waals surface area contributed by atoms with Gasteiger partial charge < -0.3 is 10.5 Å². The van der Waals surface area contributed by atoms with Gasteiger partial charge in [0.2, 0.25) is 0 Å². The quantitative estimate of drug-likeness (QED) is 0.829. The maximum Gasteiger partial charge on any atom is 0.137 e. The molecule has 2 N–H and O–H groups in total. The van der Waals surface area contributed by atoms with Crippen molar-refractivity contribution >= 4 is 31.9 Å². The summed E-state index contributed by atoms with van der Waals surface area (Å²) in [6, 6.07) is 4.32. The molecular weight excluding hydrogens is 393 g/mol. The lowest BCUT2D eigenvalue weighted by Crippen LogP contribution is -2.20. The number of halogens is 3. The van der Waals surface area contributed by atoms with Crippen LogP contribution < -0.4 is 5.73 Å². The average Bonchev–Trinajstić information content (AvgIpc) is 2.80. The van der Waals surface area contributed by atoms with Gasteiger partial charge in [0.15, 0.2) is 0 Å². The third-order valence-corrected chi connectivity index (χ3v) is 4.40. The van der Waals surface area contributed by atoms with Crippen LogP contribution in [0.2, 0.25) is 0 Å². The van der Waals surface area contributed by atoms with Crippen LogP contribution in [0.25, 0.3) is 0 Å². The summed E-state index contributed by atoms with van der Waals surface area (Å²) in [7, 11) is 1.63. The summed E-state index contributed by atoms with van der Waals surface area (Å²) in [5, 5.41) is 4.25. The molecule has 0 aliphatic carbocycles. The average molecular weight is 407 g/mol. The van der Waals surface area contributed by atoms with E-state index in [0.717, 1.165) is 10.2 Å². The van der Waals surface area contributed by atoms with Crippen molar-refractivity contribution < 1.29 is 9.13 Å². The summed E-state index contributed by atoms with van der Waals surface area (Å²) in [6.07, 6.45) is 1.68. The highest BCUT2D eigenvalue weighted by Gasteiger charge is 2.21. The highest BCUT2D eigenvalue weighted by molar-refractivity contribution is 9.10. The minimum Gasteiger partial charge on any atom is -0.383 e. The van der Waals surface area contributed by atoms with E-state index in [-0.39, 0.29) is 5.82 Å². The Kier molecular flexibility index (Phi) is 5.31. The first-order valence-corrected chi connectivity index (χ1v) is 7.54. The molecule has 108 valence electrons. The second-order valence-electron chi connectivity index (χ2n) is 4.21. The van der Waals surface area contributed by atoms with Crippen LogP contribution in [-0.2, 0) is 11.3 Å². The van der Waals surface area contributed by atoms with Gasteiger partial charge in [0.05, 0.1) is 40.0 Å². The summed E-state index contributed by atoms with van der Waals surface area (Å²) in [5.41, 5.74) is 7.73. The van der Waals surface area contributed by atoms with Crippen LogP contribution in [0.1, 0.15) is 17.3 Å². The first-order valence-electron chi connectivity index (χ1n) is 5.96. The molecule has 1 aromatic carbocycles. The van der Waals surface area contributed by atoms with Crippen molar-refractivity contribution in [3.8, 4) is 0 Å². The van der Waals surface area contributed by atoms with Gasteiger partial charge >= 0.3 is 0 Å². The Morgan fingerprint density at radius 2 is 2.20 bits per heavy atom. The van der Waals surface area contributed by atoms with Gasteiger partial charge in [0.1, 0.15) is 5.82 Å². The second kappa shape index (κ2) is 6.80. The largest absolute Gasteiger partial charge is 0.383 e. The molecule has 1 heterocycles. The number of hydrogen-bond acceptors (Lipinski definition) is 3. The predicted octanol–water partition coefficient (Wildman–Crippen LogP) is 3.24. The van der Waals surface area contributed by atoms with Crippen molar-refractivity contribution in [2.75, 3.05) is 13.7 Å². The third kappa shape index (κ3) is 3.11. The number of methoxy groups -OCH3 is 1. The molecule has 2 rings (SSSR count). The van der Waals surface area contributed by atoms with Crippen molar-refractivity contribution in [2.24, 2.45) is 5.73 Å². The molecule has 4 nitrogen and oxygen atoms in total. The number of hydrogen-bond donors (Lipinski definition) is 1. The first-order chi connectivity index (χ1) is 9.56. The van der Waals surface area contributed by atoms with Crippen LogP contribution >= 0.6 is 31.9 Å². The smallest absolute Gasteiger partial charge is 0.137 e. The van der Waals surface area contributed by atoms with Gasteiger partial charge in [-0.2, -0.15) is 5.10 Å². The predicted molar refractivity (Wildman–Crippen MR) is 81.9 cm³/mol. The van der Waals surface area contributed by atoms with Crippen molar-refractivity contribution in [3.63, 3.8) is 0 Å². The molecule has 0 saturated heterocycles. The van der Waals surface area contributed by atoms with Gasteiger partial charge in [-0.3, -0.25) is 4.68 Å². The fourth-order valence-corrected chi connectivity index (χ4v) is 3.00. The molecule has 0 fully saturated rings. The molecule has 0 bridgehead atoms. The Bertz CT molecular complexity index is 603. The zero-order valence-electron chi connectivity index (χ0n) is 10.8. The molecule has 1 atom stereocenters. The van der Waals surface area contributed by atoms with E-state index < -0.39 is 6.04 Å². The molecule has 2 aromatic rings. The normalized spacial score (nSPS) is 12.7. The Morgan fingerprint density at radius 3 is 2.90 bits per heavy atom. The Hall–Kier alpha value is -0.760. The number of nitrogens with zero attached hydrogens (tertiary/aromatic N) is 2. The zero-order valence-corrected chi connectivity index (χ0v) is 14.0. The number of ether oxygens (including phenoxy) is 1. The fraction of sp³-hybridized carbons (Fsp3) is 0.308. The maximum absolute atomic E-state index is 13.6. The van der Waals surface area contributed by atoms with E-state index in [1.165, 1.54) is 6.07 Å². The van der Waals surface area contributed by atoms with Crippen molar-refractivity contribution in [2.45, 2.75) is 12.6 Å². The number of rotatable bonds is 5. The lowest BCUT2D eigenvalue weighted by molar-refractivity contribution is 0.182. The first kappa shape index (κ1) is 15.6. The molecule has 0 saturated carbocycles. The third-order valence-electron chi connectivity index (χ3n) is 2.95. The van der Waals surface area contributed by atoms with Crippen molar-refractivity contribution in [3.05, 3.63) is 50.4 Å². The van der Waals surface area contributed by atoms with Crippen molar-refractivity contribution in [1.29, 1.82) is 0 Å². The number of nitrogens with two attached hydrogens (primary N) is 1. The minimum atomic E-state index is -0.492. The van der Waals surface area contributed by atoms with E-state index >= 15 is 0 Å². The zero-order chi connectivity index (χ0) is 14.7. The molecule has 7 heteroatoms. The standard InChI is InChI=1S/C13H14Br2FN3O/c1-20-6-5-19-13(9(14)7-18-19)12(17)8-3-2-4-10(16)11(8)15/h2-4,7,12H,5-6,17H2,1H3. The van der Waals surface area contributed by atoms with Gasteiger partial charge in [0, 0.05) is 7.11 Å². The Labute approximate surface area is 133 Å². The van der Waals surface area contributed by atoms with Crippen LogP contribution in [-0.4, -0.2) is 23.5 Å². The molecule has 1 unspecified atom stereocenters. The Balaban J connectivity index is 2.40. The highest BCUT2D eigenvalue weighted by atomic mass is 79.9. The lowest BCUT2D eigenvalue weighted by Gasteiger charge is -2.17. The van der Waals surface area contributed by atoms with Crippen LogP contribution in [0, 0.1) is 5.82 Å². The van der Waals surface area contributed by atoms with E-state index in [1.807, 2.05) is 0 Å². The molecule has 0 radical (unpaired) electrons. The summed E-state index contributed by atoms with van der Waals surface area (Å²) >= 11 is 6.68. The monoisotopic (exact) mass is 405 g/mol. The van der Waals surface area contributed by atoms with Crippen LogP contribution in [0.4, 0.5) is 4.39 Å². The molecular formula is C13H14Br2FN3O. The molecule has 0 aliphatic heterocycles. The number of aromatic nitrogens is 2. The van der Waals surface area contributed by atoms with Gasteiger partial charge in [-0.05, 0) is 43.5 Å². The minimum absolute atomic E-state index is 0.336. The van der Waals surface area contributed by atoms with Crippen LogP contribution in [0.3, 0.4) is 0 Å². The molecule has 1 aromatic heterocycles. The molecule has 20 heavy (non-hydrogen) atoms. The van der Waals surface area contributed by atoms with Gasteiger partial charge in [0.25, 0.3) is 0 Å². The van der Waals surface area contributed by atoms with E-state index in [2.05, 4.69) is 37.0 Å². The van der Waals surface area contributed by atoms with Crippen LogP contribution in [0.15, 0.2) is 33.3 Å². The Morgan fingerprint density at radius 1 is 1.45 bits per heavy atom. The summed E-state index contributed by atoms with van der Waals surface area (Å²) in [6.45, 7) is 1.11. The van der Waals surface area contributed by atoms with Crippen molar-refractivity contribution in [1.82, 2.24) is 9.78 Å². The van der Waals surface area contributed by atoms with Gasteiger partial charge in [-0.15, -0.1) is 0 Å². The highest BCUT2D eigenvalue weighted by Crippen LogP contribution is 2.32. The summed E-state index contributed by atoms with van der Waals surface area (Å²) < 4.78 is 21.6. The lowest BCUT2D eigenvalue weighted by atomic mass is 10.0. The van der Waals surface area contributed by atoms with E-state index in [9.17, 15) is 4.39 Å². The topological polar surface area (TPSA) is 53.1 Å². The van der Waals surface area contributed by atoms with E-state index in [4.69, 9.17) is 10.5 Å². The van der Waals surface area contributed by atoms with Gasteiger partial charge in [-0.1, -0.05) is 12.1 Å². The number of benzene rings is 1. The summed E-state index contributed by atoms with van der Waals surface area (Å²) in [4.78, 5) is 0. The molecule has 0 amide bonds. The van der Waals surface area contributed by atoms with E-state index in [0.29, 0.717) is 23.2 Å². The maximum atomic E-state index is 13.6. The molecule has 0 spiro atoms. The second-order valence-corrected chi connectivity index (χ2v) is 5.86. The fourth-order valence-electron chi connectivity index (χ4n) is 1.95. The SMILES string of the molecule is COCCn1ncc(Br)c1C(N)c1cccc(F)c1Br. The summed E-state index contributed by atoms with van der Waals surface area (Å²) in [5.74, 6) is -0.336.